The van der Waals surface area contributed by atoms with E-state index in [1.54, 1.807) is 0 Å². The number of sulfonamides is 1. The van der Waals surface area contributed by atoms with Crippen LogP contribution in [0.1, 0.15) is 6.42 Å². The van der Waals surface area contributed by atoms with Crippen LogP contribution in [0.2, 0.25) is 0 Å². The predicted octanol–water partition coefficient (Wildman–Crippen LogP) is -0.697. The molecule has 0 aromatic rings. The van der Waals surface area contributed by atoms with Crippen molar-refractivity contribution in [3.63, 3.8) is 0 Å². The molecule has 0 aromatic heterocycles. The molecule has 0 saturated heterocycles. The van der Waals surface area contributed by atoms with Gasteiger partial charge in [0.15, 0.2) is 0 Å². The van der Waals surface area contributed by atoms with Crippen LogP contribution in [-0.4, -0.2) is 34.3 Å². The van der Waals surface area contributed by atoms with Crippen molar-refractivity contribution in [1.82, 2.24) is 4.72 Å². The summed E-state index contributed by atoms with van der Waals surface area (Å²) in [5, 5.41) is 0. The van der Waals surface area contributed by atoms with E-state index in [0.29, 0.717) is 0 Å². The molecule has 1 radical (unpaired) electrons. The molecule has 0 aliphatic heterocycles. The number of esters is 1. The summed E-state index contributed by atoms with van der Waals surface area (Å²) in [7, 11) is -1.88. The maximum absolute atomic E-state index is 10.5. The molecular formula is C6H12NO4S. The number of ether oxygens (including phenoxy) is 1. The second kappa shape index (κ2) is 5.10. The van der Waals surface area contributed by atoms with Crippen molar-refractivity contribution < 1.29 is 17.9 Å². The van der Waals surface area contributed by atoms with Gasteiger partial charge >= 0.3 is 5.97 Å². The standard InChI is InChI=1S/C6H12NO4S/c1-11-6(8)4-3-5-7-12(2,9)10/h3,7H,4-5H2,1-2H3. The molecule has 6 heteroatoms. The van der Waals surface area contributed by atoms with Crippen LogP contribution in [0.3, 0.4) is 0 Å². The molecule has 0 aliphatic carbocycles. The van der Waals surface area contributed by atoms with Crippen molar-refractivity contribution in [3.8, 4) is 0 Å². The topological polar surface area (TPSA) is 72.5 Å². The third kappa shape index (κ3) is 7.49. The fraction of sp³-hybridized carbons (Fsp3) is 0.667. The molecule has 0 heterocycles. The van der Waals surface area contributed by atoms with Crippen LogP contribution in [0, 0.1) is 6.42 Å². The summed E-state index contributed by atoms with van der Waals surface area (Å²) in [6.45, 7) is 0.147. The van der Waals surface area contributed by atoms with Gasteiger partial charge in [-0.1, -0.05) is 0 Å². The van der Waals surface area contributed by atoms with Gasteiger partial charge in [0.25, 0.3) is 0 Å². The van der Waals surface area contributed by atoms with Crippen molar-refractivity contribution in [2.45, 2.75) is 6.42 Å². The molecular weight excluding hydrogens is 182 g/mol. The van der Waals surface area contributed by atoms with Gasteiger partial charge in [-0.05, 0) is 6.42 Å². The van der Waals surface area contributed by atoms with Crippen LogP contribution in [0.5, 0.6) is 0 Å². The zero-order chi connectivity index (χ0) is 9.61. The Hall–Kier alpha value is -0.620. The number of methoxy groups -OCH3 is 1. The number of rotatable bonds is 5. The Kier molecular flexibility index (Phi) is 4.84. The quantitative estimate of drug-likeness (QED) is 0.464. The predicted molar refractivity (Wildman–Crippen MR) is 43.8 cm³/mol. The molecule has 0 unspecified atom stereocenters. The summed E-state index contributed by atoms with van der Waals surface area (Å²) in [6, 6.07) is 0. The zero-order valence-electron chi connectivity index (χ0n) is 7.03. The molecule has 0 amide bonds. The molecule has 0 rings (SSSR count). The number of hydrogen-bond acceptors (Lipinski definition) is 4. The highest BCUT2D eigenvalue weighted by Crippen LogP contribution is 1.88. The Bertz CT molecular complexity index is 234. The van der Waals surface area contributed by atoms with Gasteiger partial charge in [-0.3, -0.25) is 4.79 Å². The van der Waals surface area contributed by atoms with E-state index in [2.05, 4.69) is 9.46 Å². The van der Waals surface area contributed by atoms with E-state index >= 15 is 0 Å². The number of nitrogens with one attached hydrogen (secondary N) is 1. The van der Waals surface area contributed by atoms with Crippen molar-refractivity contribution in [1.29, 1.82) is 0 Å². The smallest absolute Gasteiger partial charge is 0.305 e. The molecule has 0 bridgehead atoms. The molecule has 0 fully saturated rings. The van der Waals surface area contributed by atoms with E-state index in [1.165, 1.54) is 13.5 Å². The number of carbonyl (C=O) groups excluding carboxylic acids is 1. The molecule has 12 heavy (non-hydrogen) atoms. The Morgan fingerprint density at radius 1 is 1.58 bits per heavy atom. The van der Waals surface area contributed by atoms with E-state index in [0.717, 1.165) is 6.26 Å². The fourth-order valence-corrected chi connectivity index (χ4v) is 0.904. The molecule has 0 aliphatic rings. The third-order valence-corrected chi connectivity index (χ3v) is 1.72. The molecule has 0 aromatic carbocycles. The summed E-state index contributed by atoms with van der Waals surface area (Å²) in [5.74, 6) is -0.384. The van der Waals surface area contributed by atoms with Crippen LogP contribution in [0.25, 0.3) is 0 Å². The first kappa shape index (κ1) is 11.4. The molecule has 71 valence electrons. The van der Waals surface area contributed by atoms with Crippen molar-refractivity contribution >= 4 is 16.0 Å². The fourth-order valence-electron chi connectivity index (χ4n) is 0.484. The van der Waals surface area contributed by atoms with E-state index in [-0.39, 0.29) is 18.9 Å². The Morgan fingerprint density at radius 3 is 2.58 bits per heavy atom. The van der Waals surface area contributed by atoms with E-state index < -0.39 is 10.0 Å². The van der Waals surface area contributed by atoms with Gasteiger partial charge in [-0.25, -0.2) is 13.1 Å². The molecule has 0 atom stereocenters. The summed E-state index contributed by atoms with van der Waals surface area (Å²) < 4.78 is 27.5. The summed E-state index contributed by atoms with van der Waals surface area (Å²) in [6.07, 6.45) is 2.66. The average molecular weight is 194 g/mol. The van der Waals surface area contributed by atoms with Gasteiger partial charge in [0.2, 0.25) is 10.0 Å². The van der Waals surface area contributed by atoms with Crippen LogP contribution in [-0.2, 0) is 19.6 Å². The maximum atomic E-state index is 10.5. The van der Waals surface area contributed by atoms with Gasteiger partial charge in [-0.2, -0.15) is 0 Å². The van der Waals surface area contributed by atoms with Gasteiger partial charge in [0.05, 0.1) is 13.4 Å². The Balaban J connectivity index is 3.40. The summed E-state index contributed by atoms with van der Waals surface area (Å²) >= 11 is 0. The minimum absolute atomic E-state index is 0.110. The largest absolute Gasteiger partial charge is 0.469 e. The first-order chi connectivity index (χ1) is 5.45. The Morgan fingerprint density at radius 2 is 2.17 bits per heavy atom. The lowest BCUT2D eigenvalue weighted by atomic mass is 10.3. The van der Waals surface area contributed by atoms with Crippen LogP contribution < -0.4 is 4.72 Å². The van der Waals surface area contributed by atoms with E-state index in [4.69, 9.17) is 0 Å². The lowest BCUT2D eigenvalue weighted by molar-refractivity contribution is -0.139. The van der Waals surface area contributed by atoms with Crippen LogP contribution in [0.4, 0.5) is 0 Å². The minimum Gasteiger partial charge on any atom is -0.469 e. The first-order valence-corrected chi connectivity index (χ1v) is 5.18. The lowest BCUT2D eigenvalue weighted by Crippen LogP contribution is -2.23. The first-order valence-electron chi connectivity index (χ1n) is 3.29. The normalized spacial score (nSPS) is 11.2. The van der Waals surface area contributed by atoms with Gasteiger partial charge in [0, 0.05) is 13.0 Å². The third-order valence-electron chi connectivity index (χ3n) is 1.03. The average Bonchev–Trinajstić information content (AvgIpc) is 1.96. The van der Waals surface area contributed by atoms with Gasteiger partial charge < -0.3 is 4.74 Å². The second-order valence-corrected chi connectivity index (χ2v) is 4.02. The number of carbonyl (C=O) groups is 1. The number of hydrogen-bond donors (Lipinski definition) is 1. The monoisotopic (exact) mass is 194 g/mol. The highest BCUT2D eigenvalue weighted by molar-refractivity contribution is 7.88. The van der Waals surface area contributed by atoms with E-state index in [1.807, 2.05) is 0 Å². The minimum atomic E-state index is -3.16. The molecule has 5 nitrogen and oxygen atoms in total. The van der Waals surface area contributed by atoms with Crippen molar-refractivity contribution in [3.05, 3.63) is 6.42 Å². The van der Waals surface area contributed by atoms with E-state index in [9.17, 15) is 13.2 Å². The van der Waals surface area contributed by atoms with Gasteiger partial charge in [0.1, 0.15) is 0 Å². The maximum Gasteiger partial charge on any atom is 0.305 e. The zero-order valence-corrected chi connectivity index (χ0v) is 7.85. The molecule has 1 N–H and O–H groups in total. The SMILES string of the molecule is COC(=O)C[CH]CNS(C)(=O)=O. The molecule has 0 spiro atoms. The van der Waals surface area contributed by atoms with Crippen molar-refractivity contribution in [2.75, 3.05) is 19.9 Å². The summed E-state index contributed by atoms with van der Waals surface area (Å²) in [4.78, 5) is 10.5. The van der Waals surface area contributed by atoms with Gasteiger partial charge in [-0.15, -0.1) is 0 Å². The highest BCUT2D eigenvalue weighted by Gasteiger charge is 2.02. The lowest BCUT2D eigenvalue weighted by Gasteiger charge is -2.00. The van der Waals surface area contributed by atoms with Crippen LogP contribution in [0.15, 0.2) is 0 Å². The second-order valence-electron chi connectivity index (χ2n) is 2.19. The molecule has 0 saturated carbocycles. The summed E-state index contributed by atoms with van der Waals surface area (Å²) in [5.41, 5.74) is 0. The van der Waals surface area contributed by atoms with Crippen molar-refractivity contribution in [2.24, 2.45) is 0 Å². The van der Waals surface area contributed by atoms with Crippen LogP contribution >= 0.6 is 0 Å². The Labute approximate surface area is 72.1 Å². The highest BCUT2D eigenvalue weighted by atomic mass is 32.2.